The van der Waals surface area contributed by atoms with Gasteiger partial charge in [0.25, 0.3) is 0 Å². The molecule has 0 aliphatic heterocycles. The van der Waals surface area contributed by atoms with E-state index in [0.29, 0.717) is 0 Å². The van der Waals surface area contributed by atoms with Crippen molar-refractivity contribution in [2.75, 3.05) is 5.73 Å². The summed E-state index contributed by atoms with van der Waals surface area (Å²) in [4.78, 5) is 4.37. The first-order valence-corrected chi connectivity index (χ1v) is 4.69. The molecule has 0 fully saturated rings. The third-order valence-corrected chi connectivity index (χ3v) is 2.40. The fraction of sp³-hybridized carbons (Fsp3) is 0.364. The van der Waals surface area contributed by atoms with Crippen LogP contribution >= 0.6 is 0 Å². The molecule has 0 saturated carbocycles. The first-order valence-electron chi connectivity index (χ1n) is 4.69. The zero-order valence-electron chi connectivity index (χ0n) is 7.88. The van der Waals surface area contributed by atoms with E-state index in [-0.39, 0.29) is 0 Å². The highest BCUT2D eigenvalue weighted by atomic mass is 14.7. The molecule has 1 aromatic rings. The van der Waals surface area contributed by atoms with E-state index in [9.17, 15) is 0 Å². The van der Waals surface area contributed by atoms with Gasteiger partial charge in [-0.2, -0.15) is 0 Å². The van der Waals surface area contributed by atoms with Crippen LogP contribution in [0.2, 0.25) is 0 Å². The molecular weight excluding hydrogens is 160 g/mol. The zero-order valence-corrected chi connectivity index (χ0v) is 7.88. The lowest BCUT2D eigenvalue weighted by Crippen LogP contribution is -1.96. The van der Waals surface area contributed by atoms with Crippen LogP contribution in [0.15, 0.2) is 18.3 Å². The number of pyridine rings is 1. The first-order chi connectivity index (χ1) is 6.27. The second-order valence-corrected chi connectivity index (χ2v) is 3.57. The minimum Gasteiger partial charge on any atom is -0.397 e. The van der Waals surface area contributed by atoms with Crippen molar-refractivity contribution >= 4 is 11.3 Å². The number of rotatable bonds is 1. The Labute approximate surface area is 78.5 Å². The van der Waals surface area contributed by atoms with Crippen LogP contribution in [0, 0.1) is 6.92 Å². The van der Waals surface area contributed by atoms with Crippen molar-refractivity contribution in [3.05, 3.63) is 29.6 Å². The van der Waals surface area contributed by atoms with Gasteiger partial charge in [0.1, 0.15) is 0 Å². The molecule has 0 radical (unpaired) electrons. The van der Waals surface area contributed by atoms with Gasteiger partial charge in [0, 0.05) is 6.20 Å². The number of nitrogens with zero attached hydrogens (tertiary/aromatic N) is 1. The van der Waals surface area contributed by atoms with Crippen LogP contribution in [0.4, 0.5) is 5.69 Å². The van der Waals surface area contributed by atoms with E-state index in [0.717, 1.165) is 23.4 Å². The topological polar surface area (TPSA) is 38.9 Å². The SMILES string of the molecule is Cc1cnc(C2=CCCC2)c(N)c1. The summed E-state index contributed by atoms with van der Waals surface area (Å²) in [6.07, 6.45) is 7.66. The zero-order chi connectivity index (χ0) is 9.26. The van der Waals surface area contributed by atoms with Crippen LogP contribution < -0.4 is 5.73 Å². The van der Waals surface area contributed by atoms with Crippen LogP contribution in [0.5, 0.6) is 0 Å². The lowest BCUT2D eigenvalue weighted by Gasteiger charge is -2.05. The van der Waals surface area contributed by atoms with Gasteiger partial charge in [-0.15, -0.1) is 0 Å². The smallest absolute Gasteiger partial charge is 0.0887 e. The molecule has 1 heterocycles. The normalized spacial score (nSPS) is 15.9. The minimum absolute atomic E-state index is 0.813. The van der Waals surface area contributed by atoms with Crippen LogP contribution in [-0.4, -0.2) is 4.98 Å². The molecule has 2 rings (SSSR count). The van der Waals surface area contributed by atoms with Gasteiger partial charge >= 0.3 is 0 Å². The molecule has 2 heteroatoms. The second kappa shape index (κ2) is 3.21. The van der Waals surface area contributed by atoms with E-state index < -0.39 is 0 Å². The summed E-state index contributed by atoms with van der Waals surface area (Å²) >= 11 is 0. The number of hydrogen-bond acceptors (Lipinski definition) is 2. The lowest BCUT2D eigenvalue weighted by molar-refractivity contribution is 0.933. The Kier molecular flexibility index (Phi) is 2.05. The maximum Gasteiger partial charge on any atom is 0.0887 e. The van der Waals surface area contributed by atoms with Gasteiger partial charge in [-0.05, 0) is 43.4 Å². The van der Waals surface area contributed by atoms with E-state index >= 15 is 0 Å². The molecule has 2 N–H and O–H groups in total. The highest BCUT2D eigenvalue weighted by Gasteiger charge is 2.10. The highest BCUT2D eigenvalue weighted by molar-refractivity contribution is 5.73. The minimum atomic E-state index is 0.813. The number of anilines is 1. The Balaban J connectivity index is 2.40. The van der Waals surface area contributed by atoms with Crippen molar-refractivity contribution in [2.45, 2.75) is 26.2 Å². The molecule has 0 bridgehead atoms. The monoisotopic (exact) mass is 174 g/mol. The number of hydrogen-bond donors (Lipinski definition) is 1. The molecule has 0 spiro atoms. The molecule has 1 aliphatic carbocycles. The molecule has 13 heavy (non-hydrogen) atoms. The van der Waals surface area contributed by atoms with Gasteiger partial charge in [-0.25, -0.2) is 0 Å². The van der Waals surface area contributed by atoms with Gasteiger partial charge < -0.3 is 5.73 Å². The van der Waals surface area contributed by atoms with Crippen molar-refractivity contribution < 1.29 is 0 Å². The van der Waals surface area contributed by atoms with Crippen LogP contribution in [-0.2, 0) is 0 Å². The van der Waals surface area contributed by atoms with Crippen LogP contribution in [0.25, 0.3) is 5.57 Å². The summed E-state index contributed by atoms with van der Waals surface area (Å²) in [5.41, 5.74) is 10.1. The number of allylic oxidation sites excluding steroid dienone is 2. The van der Waals surface area contributed by atoms with E-state index in [2.05, 4.69) is 11.1 Å². The van der Waals surface area contributed by atoms with Crippen LogP contribution in [0.1, 0.15) is 30.5 Å². The third-order valence-electron chi connectivity index (χ3n) is 2.40. The molecule has 1 aromatic heterocycles. The largest absolute Gasteiger partial charge is 0.397 e. The predicted octanol–water partition coefficient (Wildman–Crippen LogP) is 2.54. The molecule has 68 valence electrons. The Morgan fingerprint density at radius 3 is 2.92 bits per heavy atom. The average molecular weight is 174 g/mol. The standard InChI is InChI=1S/C11H14N2/c1-8-6-10(12)11(13-7-8)9-4-2-3-5-9/h4,6-7H,2-3,5,12H2,1H3. The molecule has 0 saturated heterocycles. The molecule has 0 unspecified atom stereocenters. The summed E-state index contributed by atoms with van der Waals surface area (Å²) in [6, 6.07) is 1.99. The Morgan fingerprint density at radius 1 is 1.46 bits per heavy atom. The number of aromatic nitrogens is 1. The molecule has 0 atom stereocenters. The Hall–Kier alpha value is -1.31. The van der Waals surface area contributed by atoms with Gasteiger partial charge in [0.15, 0.2) is 0 Å². The Morgan fingerprint density at radius 2 is 2.31 bits per heavy atom. The van der Waals surface area contributed by atoms with Crippen LogP contribution in [0.3, 0.4) is 0 Å². The number of aryl methyl sites for hydroxylation is 1. The summed E-state index contributed by atoms with van der Waals surface area (Å²) in [5, 5.41) is 0. The predicted molar refractivity (Wildman–Crippen MR) is 55.2 cm³/mol. The molecule has 2 nitrogen and oxygen atoms in total. The van der Waals surface area contributed by atoms with Gasteiger partial charge in [-0.1, -0.05) is 6.08 Å². The fourth-order valence-electron chi connectivity index (χ4n) is 1.75. The van der Waals surface area contributed by atoms with E-state index in [1.165, 1.54) is 18.4 Å². The fourth-order valence-corrected chi connectivity index (χ4v) is 1.75. The summed E-state index contributed by atoms with van der Waals surface area (Å²) < 4.78 is 0. The molecular formula is C11H14N2. The molecule has 0 aromatic carbocycles. The van der Waals surface area contributed by atoms with Gasteiger partial charge in [-0.3, -0.25) is 4.98 Å². The van der Waals surface area contributed by atoms with E-state index in [4.69, 9.17) is 5.73 Å². The second-order valence-electron chi connectivity index (χ2n) is 3.57. The molecule has 1 aliphatic rings. The van der Waals surface area contributed by atoms with Gasteiger partial charge in [0.2, 0.25) is 0 Å². The van der Waals surface area contributed by atoms with Crippen molar-refractivity contribution in [2.24, 2.45) is 0 Å². The quantitative estimate of drug-likeness (QED) is 0.710. The number of nitrogen functional groups attached to an aromatic ring is 1. The van der Waals surface area contributed by atoms with Crippen molar-refractivity contribution in [1.29, 1.82) is 0 Å². The third kappa shape index (κ3) is 1.57. The Bertz CT molecular complexity index is 353. The first kappa shape index (κ1) is 8.30. The summed E-state index contributed by atoms with van der Waals surface area (Å²) in [5.74, 6) is 0. The lowest BCUT2D eigenvalue weighted by atomic mass is 10.1. The summed E-state index contributed by atoms with van der Waals surface area (Å²) in [6.45, 7) is 2.01. The van der Waals surface area contributed by atoms with Gasteiger partial charge in [0.05, 0.1) is 11.4 Å². The maximum absolute atomic E-state index is 5.90. The van der Waals surface area contributed by atoms with E-state index in [1.807, 2.05) is 19.2 Å². The van der Waals surface area contributed by atoms with Crippen molar-refractivity contribution in [3.8, 4) is 0 Å². The number of nitrogens with two attached hydrogens (primary N) is 1. The van der Waals surface area contributed by atoms with Crippen molar-refractivity contribution in [1.82, 2.24) is 4.98 Å². The van der Waals surface area contributed by atoms with E-state index in [1.54, 1.807) is 0 Å². The maximum atomic E-state index is 5.90. The molecule has 0 amide bonds. The average Bonchev–Trinajstić information content (AvgIpc) is 2.56. The summed E-state index contributed by atoms with van der Waals surface area (Å²) in [7, 11) is 0. The van der Waals surface area contributed by atoms with Crippen molar-refractivity contribution in [3.63, 3.8) is 0 Å². The highest BCUT2D eigenvalue weighted by Crippen LogP contribution is 2.29.